The van der Waals surface area contributed by atoms with Gasteiger partial charge >= 0.3 is 5.97 Å². The fraction of sp³-hybridized carbons (Fsp3) is 0.458. The number of ether oxygens (including phenoxy) is 2. The van der Waals surface area contributed by atoms with Crippen LogP contribution >= 0.6 is 0 Å². The van der Waals surface area contributed by atoms with Crippen LogP contribution in [0.25, 0.3) is 0 Å². The van der Waals surface area contributed by atoms with E-state index in [9.17, 15) is 4.79 Å². The Balaban J connectivity index is 2.14. The molecule has 4 nitrogen and oxygen atoms in total. The molecule has 1 atom stereocenters. The Hall–Kier alpha value is -2.33. The standard InChI is InChI=1S/C24H30O4/c1-23(2,3)17-11-12-18-20(21(17)24(4,5)6)19(22(26)28-18)15-7-9-16(10-8-15)27-14-13-25/h7-12,19,25H,13-14H2,1-6H3. The van der Waals surface area contributed by atoms with E-state index in [0.29, 0.717) is 11.5 Å². The average molecular weight is 383 g/mol. The minimum Gasteiger partial charge on any atom is -0.491 e. The molecule has 0 aromatic heterocycles. The van der Waals surface area contributed by atoms with Gasteiger partial charge in [-0.2, -0.15) is 0 Å². The van der Waals surface area contributed by atoms with Crippen molar-refractivity contribution in [1.29, 1.82) is 0 Å². The highest BCUT2D eigenvalue weighted by molar-refractivity contribution is 5.90. The first-order valence-corrected chi connectivity index (χ1v) is 9.77. The molecule has 0 saturated carbocycles. The summed E-state index contributed by atoms with van der Waals surface area (Å²) in [6.45, 7) is 13.4. The monoisotopic (exact) mass is 382 g/mol. The van der Waals surface area contributed by atoms with E-state index in [-0.39, 0.29) is 30.0 Å². The summed E-state index contributed by atoms with van der Waals surface area (Å²) in [5, 5.41) is 8.91. The van der Waals surface area contributed by atoms with E-state index in [2.05, 4.69) is 47.6 Å². The normalized spacial score (nSPS) is 16.7. The summed E-state index contributed by atoms with van der Waals surface area (Å²) in [5.41, 5.74) is 4.12. The molecule has 1 heterocycles. The van der Waals surface area contributed by atoms with Crippen molar-refractivity contribution in [1.82, 2.24) is 0 Å². The van der Waals surface area contributed by atoms with Crippen molar-refractivity contribution in [3.63, 3.8) is 0 Å². The Labute approximate surface area is 167 Å². The first-order valence-electron chi connectivity index (χ1n) is 9.77. The molecule has 1 N–H and O–H groups in total. The van der Waals surface area contributed by atoms with Crippen LogP contribution in [0.3, 0.4) is 0 Å². The molecule has 0 saturated heterocycles. The first kappa shape index (κ1) is 20.4. The molecule has 1 aliphatic heterocycles. The molecule has 0 spiro atoms. The second kappa shape index (κ2) is 7.25. The number of esters is 1. The summed E-state index contributed by atoms with van der Waals surface area (Å²) in [4.78, 5) is 12.8. The number of benzene rings is 2. The zero-order valence-corrected chi connectivity index (χ0v) is 17.6. The summed E-state index contributed by atoms with van der Waals surface area (Å²) in [7, 11) is 0. The second-order valence-electron chi connectivity index (χ2n) is 9.40. The molecule has 28 heavy (non-hydrogen) atoms. The van der Waals surface area contributed by atoms with Crippen molar-refractivity contribution < 1.29 is 19.4 Å². The molecule has 1 aliphatic rings. The van der Waals surface area contributed by atoms with Gasteiger partial charge in [-0.3, -0.25) is 4.79 Å². The average Bonchev–Trinajstić information content (AvgIpc) is 2.93. The molecule has 2 aromatic rings. The Bertz CT molecular complexity index is 867. The summed E-state index contributed by atoms with van der Waals surface area (Å²) in [6.07, 6.45) is 0. The van der Waals surface area contributed by atoms with Crippen LogP contribution in [0.15, 0.2) is 36.4 Å². The minimum atomic E-state index is -0.446. The van der Waals surface area contributed by atoms with Gasteiger partial charge in [0.15, 0.2) is 0 Å². The van der Waals surface area contributed by atoms with Crippen LogP contribution in [0, 0.1) is 0 Å². The van der Waals surface area contributed by atoms with Gasteiger partial charge in [0.1, 0.15) is 24.0 Å². The molecule has 150 valence electrons. The molecule has 4 heteroatoms. The molecule has 1 unspecified atom stereocenters. The number of aliphatic hydroxyl groups excluding tert-OH is 1. The van der Waals surface area contributed by atoms with Gasteiger partial charge in [0.05, 0.1) is 6.61 Å². The highest BCUT2D eigenvalue weighted by atomic mass is 16.5. The highest BCUT2D eigenvalue weighted by Crippen LogP contribution is 2.48. The third kappa shape index (κ3) is 3.79. The van der Waals surface area contributed by atoms with E-state index in [1.54, 1.807) is 0 Å². The summed E-state index contributed by atoms with van der Waals surface area (Å²) < 4.78 is 11.1. The Kier molecular flexibility index (Phi) is 5.28. The Morgan fingerprint density at radius 2 is 1.61 bits per heavy atom. The largest absolute Gasteiger partial charge is 0.491 e. The molecular formula is C24H30O4. The van der Waals surface area contributed by atoms with Gasteiger partial charge < -0.3 is 14.6 Å². The lowest BCUT2D eigenvalue weighted by Gasteiger charge is -2.32. The van der Waals surface area contributed by atoms with E-state index in [4.69, 9.17) is 14.6 Å². The molecule has 0 amide bonds. The molecule has 0 fully saturated rings. The lowest BCUT2D eigenvalue weighted by atomic mass is 9.70. The molecule has 2 aromatic carbocycles. The van der Waals surface area contributed by atoms with E-state index in [1.165, 1.54) is 11.1 Å². The number of rotatable bonds is 4. The van der Waals surface area contributed by atoms with Crippen molar-refractivity contribution in [2.24, 2.45) is 0 Å². The van der Waals surface area contributed by atoms with E-state index < -0.39 is 5.92 Å². The highest BCUT2D eigenvalue weighted by Gasteiger charge is 2.41. The molecule has 0 aliphatic carbocycles. The summed E-state index contributed by atoms with van der Waals surface area (Å²) in [5.74, 6) is 0.645. The van der Waals surface area contributed by atoms with Crippen molar-refractivity contribution in [3.05, 3.63) is 58.7 Å². The quantitative estimate of drug-likeness (QED) is 0.615. The number of carbonyl (C=O) groups is 1. The van der Waals surface area contributed by atoms with E-state index >= 15 is 0 Å². The zero-order valence-electron chi connectivity index (χ0n) is 17.6. The summed E-state index contributed by atoms with van der Waals surface area (Å²) >= 11 is 0. The maximum atomic E-state index is 12.8. The number of hydrogen-bond donors (Lipinski definition) is 1. The topological polar surface area (TPSA) is 55.8 Å². The van der Waals surface area contributed by atoms with Gasteiger partial charge in [-0.05, 0) is 45.7 Å². The number of aliphatic hydroxyl groups is 1. The van der Waals surface area contributed by atoms with Crippen molar-refractivity contribution >= 4 is 5.97 Å². The smallest absolute Gasteiger partial charge is 0.323 e. The maximum Gasteiger partial charge on any atom is 0.323 e. The van der Waals surface area contributed by atoms with Gasteiger partial charge in [-0.25, -0.2) is 0 Å². The molecule has 0 radical (unpaired) electrons. The minimum absolute atomic E-state index is 0.0331. The third-order valence-corrected chi connectivity index (χ3v) is 5.07. The van der Waals surface area contributed by atoms with Crippen LogP contribution in [0.4, 0.5) is 0 Å². The van der Waals surface area contributed by atoms with Crippen LogP contribution in [0.1, 0.15) is 69.7 Å². The predicted octanol–water partition coefficient (Wildman–Crippen LogP) is 4.70. The number of fused-ring (bicyclic) bond motifs is 1. The van der Waals surface area contributed by atoms with Crippen molar-refractivity contribution in [2.45, 2.75) is 58.3 Å². The van der Waals surface area contributed by atoms with Gasteiger partial charge in [0.2, 0.25) is 0 Å². The number of hydrogen-bond acceptors (Lipinski definition) is 4. The van der Waals surface area contributed by atoms with Crippen LogP contribution in [-0.4, -0.2) is 24.3 Å². The van der Waals surface area contributed by atoms with Gasteiger partial charge in [-0.1, -0.05) is 59.7 Å². The Morgan fingerprint density at radius 1 is 0.964 bits per heavy atom. The van der Waals surface area contributed by atoms with Crippen molar-refractivity contribution in [2.75, 3.05) is 13.2 Å². The molecular weight excluding hydrogens is 352 g/mol. The van der Waals surface area contributed by atoms with E-state index in [0.717, 1.165) is 11.1 Å². The van der Waals surface area contributed by atoms with Crippen molar-refractivity contribution in [3.8, 4) is 11.5 Å². The SMILES string of the molecule is CC(C)(C)c1ccc2c(c1C(C)(C)C)C(c1ccc(OCCO)cc1)C(=O)O2. The fourth-order valence-electron chi connectivity index (χ4n) is 3.92. The van der Waals surface area contributed by atoms with Crippen LogP contribution in [-0.2, 0) is 15.6 Å². The molecule has 0 bridgehead atoms. The van der Waals surface area contributed by atoms with Gasteiger partial charge in [0, 0.05) is 5.56 Å². The molecule has 3 rings (SSSR count). The van der Waals surface area contributed by atoms with Crippen LogP contribution < -0.4 is 9.47 Å². The zero-order chi connectivity index (χ0) is 20.7. The predicted molar refractivity (Wildman–Crippen MR) is 110 cm³/mol. The third-order valence-electron chi connectivity index (χ3n) is 5.07. The lowest BCUT2D eigenvalue weighted by Crippen LogP contribution is -2.25. The van der Waals surface area contributed by atoms with Crippen LogP contribution in [0.2, 0.25) is 0 Å². The second-order valence-corrected chi connectivity index (χ2v) is 9.40. The maximum absolute atomic E-state index is 12.8. The lowest BCUT2D eigenvalue weighted by molar-refractivity contribution is -0.133. The summed E-state index contributed by atoms with van der Waals surface area (Å²) in [6, 6.07) is 11.5. The van der Waals surface area contributed by atoms with Gasteiger partial charge in [-0.15, -0.1) is 0 Å². The van der Waals surface area contributed by atoms with E-state index in [1.807, 2.05) is 30.3 Å². The Morgan fingerprint density at radius 3 is 2.14 bits per heavy atom. The van der Waals surface area contributed by atoms with Gasteiger partial charge in [0.25, 0.3) is 0 Å². The number of carbonyl (C=O) groups excluding carboxylic acids is 1. The fourth-order valence-corrected chi connectivity index (χ4v) is 3.92. The van der Waals surface area contributed by atoms with Crippen LogP contribution in [0.5, 0.6) is 11.5 Å². The first-order chi connectivity index (χ1) is 13.0.